The molecular weight excluding hydrogens is 270 g/mol. The molecule has 0 spiro atoms. The molecule has 20 heavy (non-hydrogen) atoms. The Hall–Kier alpha value is -1.92. The molecule has 0 amide bonds. The van der Waals surface area contributed by atoms with Crippen molar-refractivity contribution in [1.82, 2.24) is 14.6 Å². The van der Waals surface area contributed by atoms with Gasteiger partial charge in [0.2, 0.25) is 0 Å². The van der Waals surface area contributed by atoms with Gasteiger partial charge in [-0.05, 0) is 23.9 Å². The Bertz CT molecular complexity index is 733. The third kappa shape index (κ3) is 1.88. The molecule has 5 nitrogen and oxygen atoms in total. The summed E-state index contributed by atoms with van der Waals surface area (Å²) in [6.45, 7) is 1.83. The van der Waals surface area contributed by atoms with Gasteiger partial charge in [-0.3, -0.25) is 0 Å². The van der Waals surface area contributed by atoms with Crippen molar-refractivity contribution in [3.05, 3.63) is 36.0 Å². The van der Waals surface area contributed by atoms with Crippen LogP contribution in [0.15, 0.2) is 36.0 Å². The number of nitrogens with two attached hydrogens (primary N) is 1. The minimum absolute atomic E-state index is 0.247. The summed E-state index contributed by atoms with van der Waals surface area (Å²) in [5.74, 6) is 0.982. The monoisotopic (exact) mass is 285 g/mol. The fraction of sp³-hybridized carbons (Fsp3) is 0.286. The van der Waals surface area contributed by atoms with E-state index in [0.717, 1.165) is 36.5 Å². The predicted molar refractivity (Wildman–Crippen MR) is 81.1 cm³/mol. The molecule has 2 N–H and O–H groups in total. The number of hydrogen-bond donors (Lipinski definition) is 1. The first-order chi connectivity index (χ1) is 9.81. The van der Waals surface area contributed by atoms with E-state index < -0.39 is 0 Å². The van der Waals surface area contributed by atoms with Crippen LogP contribution in [0.4, 0.5) is 5.82 Å². The molecule has 1 saturated heterocycles. The summed E-state index contributed by atoms with van der Waals surface area (Å²) in [6.07, 6.45) is 4.72. The summed E-state index contributed by atoms with van der Waals surface area (Å²) in [5, 5.41) is 6.70. The zero-order valence-corrected chi connectivity index (χ0v) is 11.8. The lowest BCUT2D eigenvalue weighted by molar-refractivity contribution is 0.751. The largest absolute Gasteiger partial charge is 0.353 e. The number of anilines is 1. The average Bonchev–Trinajstić information content (AvgIpc) is 3.17. The molecule has 0 aromatic carbocycles. The van der Waals surface area contributed by atoms with Crippen LogP contribution in [0.2, 0.25) is 0 Å². The molecule has 1 unspecified atom stereocenters. The van der Waals surface area contributed by atoms with Crippen LogP contribution in [0.25, 0.3) is 16.1 Å². The summed E-state index contributed by atoms with van der Waals surface area (Å²) >= 11 is 1.70. The Labute approximate surface area is 120 Å². The van der Waals surface area contributed by atoms with Gasteiger partial charge in [-0.25, -0.2) is 9.50 Å². The van der Waals surface area contributed by atoms with Crippen molar-refractivity contribution < 1.29 is 0 Å². The van der Waals surface area contributed by atoms with E-state index in [9.17, 15) is 0 Å². The van der Waals surface area contributed by atoms with Gasteiger partial charge in [0.15, 0.2) is 5.82 Å². The van der Waals surface area contributed by atoms with Gasteiger partial charge in [0.25, 0.3) is 0 Å². The lowest BCUT2D eigenvalue weighted by Gasteiger charge is -2.17. The first kappa shape index (κ1) is 11.9. The van der Waals surface area contributed by atoms with Crippen molar-refractivity contribution in [2.24, 2.45) is 5.73 Å². The van der Waals surface area contributed by atoms with Gasteiger partial charge in [0, 0.05) is 31.5 Å². The average molecular weight is 285 g/mol. The van der Waals surface area contributed by atoms with Crippen LogP contribution >= 0.6 is 11.3 Å². The lowest BCUT2D eigenvalue weighted by atomic mass is 10.3. The number of fused-ring (bicyclic) bond motifs is 1. The Morgan fingerprint density at radius 2 is 2.35 bits per heavy atom. The normalized spacial score (nSPS) is 19.1. The van der Waals surface area contributed by atoms with E-state index in [2.05, 4.69) is 32.5 Å². The Balaban J connectivity index is 1.82. The minimum atomic E-state index is 0.247. The van der Waals surface area contributed by atoms with Crippen LogP contribution in [-0.2, 0) is 0 Å². The van der Waals surface area contributed by atoms with Gasteiger partial charge in [-0.1, -0.05) is 6.07 Å². The molecule has 1 fully saturated rings. The fourth-order valence-corrected chi connectivity index (χ4v) is 3.36. The fourth-order valence-electron chi connectivity index (χ4n) is 2.68. The number of hydrogen-bond acceptors (Lipinski definition) is 5. The molecule has 4 rings (SSSR count). The zero-order valence-electron chi connectivity index (χ0n) is 10.9. The van der Waals surface area contributed by atoms with Crippen LogP contribution in [0.3, 0.4) is 0 Å². The van der Waals surface area contributed by atoms with E-state index in [4.69, 9.17) is 5.73 Å². The molecule has 0 saturated carbocycles. The summed E-state index contributed by atoms with van der Waals surface area (Å²) in [5.41, 5.74) is 8.04. The van der Waals surface area contributed by atoms with E-state index in [1.54, 1.807) is 17.5 Å². The number of aromatic nitrogens is 3. The highest BCUT2D eigenvalue weighted by Gasteiger charge is 2.22. The minimum Gasteiger partial charge on any atom is -0.353 e. The highest BCUT2D eigenvalue weighted by molar-refractivity contribution is 7.13. The molecule has 3 aromatic heterocycles. The summed E-state index contributed by atoms with van der Waals surface area (Å²) in [6, 6.07) is 6.49. The molecule has 3 aromatic rings. The van der Waals surface area contributed by atoms with Crippen molar-refractivity contribution in [2.45, 2.75) is 12.5 Å². The standard InChI is InChI=1S/C14H15N5S/c15-10-3-5-18(9-10)14-12-8-11(13-2-1-7-20-13)17-19(12)6-4-16-14/h1-2,4,6-8,10H,3,5,9,15H2. The smallest absolute Gasteiger partial charge is 0.154 e. The molecule has 1 atom stereocenters. The summed E-state index contributed by atoms with van der Waals surface area (Å²) in [4.78, 5) is 7.96. The second kappa shape index (κ2) is 4.57. The second-order valence-corrected chi connectivity index (χ2v) is 6.03. The van der Waals surface area contributed by atoms with Crippen LogP contribution in [-0.4, -0.2) is 33.7 Å². The maximum Gasteiger partial charge on any atom is 0.154 e. The van der Waals surface area contributed by atoms with Crippen molar-refractivity contribution in [1.29, 1.82) is 0 Å². The van der Waals surface area contributed by atoms with Crippen molar-refractivity contribution in [2.75, 3.05) is 18.0 Å². The number of thiophene rings is 1. The first-order valence-electron chi connectivity index (χ1n) is 6.70. The van der Waals surface area contributed by atoms with Crippen LogP contribution in [0.5, 0.6) is 0 Å². The highest BCUT2D eigenvalue weighted by Crippen LogP contribution is 2.28. The highest BCUT2D eigenvalue weighted by atomic mass is 32.1. The van der Waals surface area contributed by atoms with Crippen molar-refractivity contribution in [3.8, 4) is 10.6 Å². The summed E-state index contributed by atoms with van der Waals surface area (Å²) < 4.78 is 1.90. The van der Waals surface area contributed by atoms with Crippen molar-refractivity contribution in [3.63, 3.8) is 0 Å². The van der Waals surface area contributed by atoms with Gasteiger partial charge in [-0.2, -0.15) is 5.10 Å². The molecule has 0 aliphatic carbocycles. The number of rotatable bonds is 2. The zero-order chi connectivity index (χ0) is 13.5. The molecule has 0 bridgehead atoms. The van der Waals surface area contributed by atoms with Gasteiger partial charge in [-0.15, -0.1) is 11.3 Å². The molecule has 0 radical (unpaired) electrons. The maximum absolute atomic E-state index is 6.00. The van der Waals surface area contributed by atoms with Crippen LogP contribution in [0, 0.1) is 0 Å². The Morgan fingerprint density at radius 3 is 3.10 bits per heavy atom. The molecule has 102 valence electrons. The van der Waals surface area contributed by atoms with Gasteiger partial charge in [0.05, 0.1) is 4.88 Å². The van der Waals surface area contributed by atoms with Crippen molar-refractivity contribution >= 4 is 22.7 Å². The maximum atomic E-state index is 6.00. The SMILES string of the molecule is NC1CCN(c2nccn3nc(-c4cccs4)cc23)C1. The Kier molecular flexibility index (Phi) is 2.71. The van der Waals surface area contributed by atoms with Gasteiger partial charge in [0.1, 0.15) is 11.2 Å². The summed E-state index contributed by atoms with van der Waals surface area (Å²) in [7, 11) is 0. The molecule has 6 heteroatoms. The topological polar surface area (TPSA) is 59.5 Å². The van der Waals surface area contributed by atoms with Gasteiger partial charge < -0.3 is 10.6 Å². The van der Waals surface area contributed by atoms with E-state index in [0.29, 0.717) is 0 Å². The molecule has 1 aliphatic heterocycles. The van der Waals surface area contributed by atoms with E-state index in [-0.39, 0.29) is 6.04 Å². The Morgan fingerprint density at radius 1 is 1.40 bits per heavy atom. The molecular formula is C14H15N5S. The van der Waals surface area contributed by atoms with Crippen LogP contribution in [0.1, 0.15) is 6.42 Å². The quantitative estimate of drug-likeness (QED) is 0.782. The number of nitrogens with zero attached hydrogens (tertiary/aromatic N) is 4. The third-order valence-electron chi connectivity index (χ3n) is 3.67. The van der Waals surface area contributed by atoms with E-state index in [1.165, 1.54) is 4.88 Å². The van der Waals surface area contributed by atoms with E-state index in [1.807, 2.05) is 16.8 Å². The van der Waals surface area contributed by atoms with Gasteiger partial charge >= 0.3 is 0 Å². The molecule has 1 aliphatic rings. The van der Waals surface area contributed by atoms with E-state index >= 15 is 0 Å². The first-order valence-corrected chi connectivity index (χ1v) is 7.58. The lowest BCUT2D eigenvalue weighted by Crippen LogP contribution is -2.27. The van der Waals surface area contributed by atoms with Crippen LogP contribution < -0.4 is 10.6 Å². The second-order valence-electron chi connectivity index (χ2n) is 5.08. The third-order valence-corrected chi connectivity index (χ3v) is 4.56. The molecule has 4 heterocycles. The predicted octanol–water partition coefficient (Wildman–Crippen LogP) is 2.00.